The minimum absolute atomic E-state index is 0.281. The summed E-state index contributed by atoms with van der Waals surface area (Å²) in [5.74, 6) is 0. The lowest BCUT2D eigenvalue weighted by Crippen LogP contribution is -2.44. The van der Waals surface area contributed by atoms with Gasteiger partial charge in [-0.05, 0) is 53.2 Å². The number of halogens is 1. The summed E-state index contributed by atoms with van der Waals surface area (Å²) in [6.45, 7) is 11.7. The molecule has 1 aromatic carbocycles. The molecule has 3 rings (SSSR count). The number of ether oxygens (including phenoxy) is 1. The van der Waals surface area contributed by atoms with Crippen LogP contribution in [-0.2, 0) is 14.0 Å². The smallest absolute Gasteiger partial charge is 0.465 e. The van der Waals surface area contributed by atoms with Crippen molar-refractivity contribution in [3.05, 3.63) is 28.8 Å². The fourth-order valence-corrected chi connectivity index (χ4v) is 3.54. The third-order valence-electron chi connectivity index (χ3n) is 5.60. The molecule has 2 saturated heterocycles. The van der Waals surface area contributed by atoms with Gasteiger partial charge in [0.1, 0.15) is 5.72 Å². The van der Waals surface area contributed by atoms with Crippen molar-refractivity contribution in [2.45, 2.75) is 64.5 Å². The second kappa shape index (κ2) is 6.13. The molecule has 2 aliphatic heterocycles. The topological polar surface area (TPSA) is 68.2 Å². The number of hydrogen-bond acceptors (Lipinski definition) is 4. The van der Waals surface area contributed by atoms with E-state index in [-0.39, 0.29) is 6.61 Å². The normalized spacial score (nSPS) is 26.3. The van der Waals surface area contributed by atoms with E-state index >= 15 is 0 Å². The standard InChI is InChI=1S/C18H25BClNO5/c1-16(2)17(3,4)26-19(25-16)12-9-11(7-8-13(12)20)14-10-24-18(5,6)21(14)15(22)23/h7-9,14H,10H2,1-6H3,(H,22,23)/t14-/m1/s1. The van der Waals surface area contributed by atoms with E-state index in [1.54, 1.807) is 19.9 Å². The Labute approximate surface area is 159 Å². The maximum Gasteiger partial charge on any atom is 0.496 e. The van der Waals surface area contributed by atoms with Gasteiger partial charge in [-0.3, -0.25) is 4.90 Å². The Morgan fingerprint density at radius 2 is 1.77 bits per heavy atom. The van der Waals surface area contributed by atoms with E-state index in [2.05, 4.69) is 0 Å². The molecule has 0 radical (unpaired) electrons. The van der Waals surface area contributed by atoms with Crippen LogP contribution in [0, 0.1) is 0 Å². The highest BCUT2D eigenvalue weighted by Crippen LogP contribution is 2.39. The number of rotatable bonds is 2. The van der Waals surface area contributed by atoms with Crippen LogP contribution in [0.3, 0.4) is 0 Å². The van der Waals surface area contributed by atoms with E-state index in [1.807, 2.05) is 39.8 Å². The van der Waals surface area contributed by atoms with Gasteiger partial charge in [0, 0.05) is 10.5 Å². The average Bonchev–Trinajstić information content (AvgIpc) is 2.92. The van der Waals surface area contributed by atoms with Gasteiger partial charge in [0.15, 0.2) is 0 Å². The summed E-state index contributed by atoms with van der Waals surface area (Å²) in [5, 5.41) is 10.1. The molecule has 1 atom stereocenters. The number of amides is 1. The number of nitrogens with zero attached hydrogens (tertiary/aromatic N) is 1. The van der Waals surface area contributed by atoms with Gasteiger partial charge in [0.2, 0.25) is 0 Å². The molecule has 2 aliphatic rings. The van der Waals surface area contributed by atoms with Crippen molar-refractivity contribution in [3.63, 3.8) is 0 Å². The number of benzene rings is 1. The van der Waals surface area contributed by atoms with Crippen LogP contribution in [0.5, 0.6) is 0 Å². The molecule has 142 valence electrons. The second-order valence-electron chi connectivity index (χ2n) is 8.30. The zero-order chi connectivity index (χ0) is 19.5. The van der Waals surface area contributed by atoms with Gasteiger partial charge < -0.3 is 19.2 Å². The van der Waals surface area contributed by atoms with Gasteiger partial charge >= 0.3 is 13.2 Å². The van der Waals surface area contributed by atoms with Crippen LogP contribution in [-0.4, -0.2) is 46.8 Å². The lowest BCUT2D eigenvalue weighted by Gasteiger charge is -2.32. The minimum Gasteiger partial charge on any atom is -0.465 e. The minimum atomic E-state index is -1.02. The maximum atomic E-state index is 11.7. The van der Waals surface area contributed by atoms with Crippen molar-refractivity contribution in [2.75, 3.05) is 6.61 Å². The molecule has 2 heterocycles. The summed E-state index contributed by atoms with van der Waals surface area (Å²) in [6.07, 6.45) is -1.02. The average molecular weight is 382 g/mol. The summed E-state index contributed by atoms with van der Waals surface area (Å²) < 4.78 is 17.9. The number of hydrogen-bond donors (Lipinski definition) is 1. The summed E-state index contributed by atoms with van der Waals surface area (Å²) in [4.78, 5) is 13.1. The first kappa shape index (κ1) is 19.5. The van der Waals surface area contributed by atoms with Crippen molar-refractivity contribution < 1.29 is 23.9 Å². The summed E-state index contributed by atoms with van der Waals surface area (Å²) in [5.41, 5.74) is -0.365. The summed E-state index contributed by atoms with van der Waals surface area (Å²) >= 11 is 6.40. The molecule has 0 saturated carbocycles. The van der Waals surface area contributed by atoms with Gasteiger partial charge in [-0.2, -0.15) is 0 Å². The maximum absolute atomic E-state index is 11.7. The second-order valence-corrected chi connectivity index (χ2v) is 8.70. The van der Waals surface area contributed by atoms with Crippen molar-refractivity contribution in [2.24, 2.45) is 0 Å². The van der Waals surface area contributed by atoms with Crippen LogP contribution in [0.4, 0.5) is 4.79 Å². The van der Waals surface area contributed by atoms with E-state index in [1.165, 1.54) is 4.90 Å². The molecule has 2 fully saturated rings. The molecule has 0 aromatic heterocycles. The molecule has 8 heteroatoms. The molecule has 26 heavy (non-hydrogen) atoms. The molecule has 0 unspecified atom stereocenters. The van der Waals surface area contributed by atoms with Crippen LogP contribution in [0.2, 0.25) is 5.02 Å². The highest BCUT2D eigenvalue weighted by Gasteiger charge is 2.52. The Morgan fingerprint density at radius 3 is 2.31 bits per heavy atom. The lowest BCUT2D eigenvalue weighted by atomic mass is 9.77. The van der Waals surface area contributed by atoms with E-state index < -0.39 is 36.2 Å². The first-order chi connectivity index (χ1) is 11.9. The Kier molecular flexibility index (Phi) is 4.59. The van der Waals surface area contributed by atoms with Gasteiger partial charge in [0.25, 0.3) is 0 Å². The van der Waals surface area contributed by atoms with Crippen LogP contribution >= 0.6 is 11.6 Å². The largest absolute Gasteiger partial charge is 0.496 e. The molecule has 1 N–H and O–H groups in total. The molecule has 1 aromatic rings. The molecular weight excluding hydrogens is 356 g/mol. The van der Waals surface area contributed by atoms with E-state index in [0.29, 0.717) is 10.5 Å². The first-order valence-electron chi connectivity index (χ1n) is 8.67. The van der Waals surface area contributed by atoms with Crippen LogP contribution in [0.15, 0.2) is 18.2 Å². The fourth-order valence-electron chi connectivity index (χ4n) is 3.33. The molecule has 6 nitrogen and oxygen atoms in total. The van der Waals surface area contributed by atoms with Crippen molar-refractivity contribution in [3.8, 4) is 0 Å². The third-order valence-corrected chi connectivity index (χ3v) is 5.95. The van der Waals surface area contributed by atoms with Crippen molar-refractivity contribution >= 4 is 30.3 Å². The number of carbonyl (C=O) groups is 1. The predicted octanol–water partition coefficient (Wildman–Crippen LogP) is 3.43. The quantitative estimate of drug-likeness (QED) is 0.795. The van der Waals surface area contributed by atoms with Gasteiger partial charge in [-0.15, -0.1) is 0 Å². The highest BCUT2D eigenvalue weighted by atomic mass is 35.5. The summed E-state index contributed by atoms with van der Waals surface area (Å²) in [7, 11) is -0.610. The molecule has 0 bridgehead atoms. The molecule has 1 amide bonds. The molecule has 0 aliphatic carbocycles. The van der Waals surface area contributed by atoms with Crippen LogP contribution < -0.4 is 5.46 Å². The van der Waals surface area contributed by atoms with E-state index in [4.69, 9.17) is 25.6 Å². The highest BCUT2D eigenvalue weighted by molar-refractivity contribution is 6.65. The van der Waals surface area contributed by atoms with E-state index in [0.717, 1.165) is 5.56 Å². The Bertz CT molecular complexity index is 720. The summed E-state index contributed by atoms with van der Waals surface area (Å²) in [6, 6.07) is 5.02. The van der Waals surface area contributed by atoms with Crippen LogP contribution in [0.1, 0.15) is 53.1 Å². The lowest BCUT2D eigenvalue weighted by molar-refractivity contribution is -0.0420. The first-order valence-corrected chi connectivity index (χ1v) is 9.05. The van der Waals surface area contributed by atoms with Crippen molar-refractivity contribution in [1.82, 2.24) is 4.90 Å². The van der Waals surface area contributed by atoms with Crippen molar-refractivity contribution in [1.29, 1.82) is 0 Å². The Morgan fingerprint density at radius 1 is 1.19 bits per heavy atom. The number of carboxylic acid groups (broad SMARTS) is 1. The third kappa shape index (κ3) is 3.11. The molecular formula is C18H25BClNO5. The Balaban J connectivity index is 1.96. The van der Waals surface area contributed by atoms with Gasteiger partial charge in [-0.1, -0.05) is 23.7 Å². The zero-order valence-corrected chi connectivity index (χ0v) is 16.8. The predicted molar refractivity (Wildman–Crippen MR) is 99.8 cm³/mol. The monoisotopic (exact) mass is 381 g/mol. The molecule has 0 spiro atoms. The van der Waals surface area contributed by atoms with Gasteiger partial charge in [-0.25, -0.2) is 4.79 Å². The Hall–Kier alpha value is -1.28. The SMILES string of the molecule is CC1(C)OC[C@H](c2ccc(Cl)c(B3OC(C)(C)C(C)(C)O3)c2)N1C(=O)O. The fraction of sp³-hybridized carbons (Fsp3) is 0.611. The zero-order valence-electron chi connectivity index (χ0n) is 16.0. The van der Waals surface area contributed by atoms with E-state index in [9.17, 15) is 9.90 Å². The van der Waals surface area contributed by atoms with Crippen LogP contribution in [0.25, 0.3) is 0 Å². The van der Waals surface area contributed by atoms with Gasteiger partial charge in [0.05, 0.1) is 23.9 Å².